The molecule has 146 valence electrons. The van der Waals surface area contributed by atoms with Gasteiger partial charge in [-0.1, -0.05) is 62.4 Å². The lowest BCUT2D eigenvalue weighted by Gasteiger charge is -2.14. The molecule has 0 aromatic heterocycles. The molecule has 4 rings (SSSR count). The van der Waals surface area contributed by atoms with E-state index in [0.717, 1.165) is 28.2 Å². The summed E-state index contributed by atoms with van der Waals surface area (Å²) in [4.78, 5) is 12.7. The van der Waals surface area contributed by atoms with Gasteiger partial charge in [0.15, 0.2) is 0 Å². The highest BCUT2D eigenvalue weighted by molar-refractivity contribution is 9.28. The summed E-state index contributed by atoms with van der Waals surface area (Å²) in [6.45, 7) is 4.59. The van der Waals surface area contributed by atoms with Gasteiger partial charge in [0.25, 0.3) is 0 Å². The molecular formula is C24H24Br2O2. The van der Waals surface area contributed by atoms with Crippen LogP contribution in [0.5, 0.6) is 0 Å². The summed E-state index contributed by atoms with van der Waals surface area (Å²) in [5.74, 6) is 0.0216. The van der Waals surface area contributed by atoms with Crippen LogP contribution < -0.4 is 0 Å². The molecule has 2 aromatic carbocycles. The maximum Gasteiger partial charge on any atom is 0.310 e. The van der Waals surface area contributed by atoms with Gasteiger partial charge in [-0.05, 0) is 90.3 Å². The Bertz CT molecular complexity index is 941. The van der Waals surface area contributed by atoms with Crippen LogP contribution >= 0.6 is 31.9 Å². The first-order valence-electron chi connectivity index (χ1n) is 9.78. The van der Waals surface area contributed by atoms with Gasteiger partial charge in [-0.15, -0.1) is 0 Å². The predicted molar refractivity (Wildman–Crippen MR) is 120 cm³/mol. The van der Waals surface area contributed by atoms with Crippen molar-refractivity contribution in [3.63, 3.8) is 0 Å². The summed E-state index contributed by atoms with van der Waals surface area (Å²) in [7, 11) is 0. The SMILES string of the molecule is CC1(C)[C@H](C(=O)OCc2cccc3c2CCCc2ccccc2-3)[C@@H]1C=C(Br)Br. The van der Waals surface area contributed by atoms with Crippen LogP contribution in [-0.2, 0) is 29.0 Å². The zero-order chi connectivity index (χ0) is 19.9. The van der Waals surface area contributed by atoms with Gasteiger partial charge in [0.2, 0.25) is 0 Å². The van der Waals surface area contributed by atoms with Crippen LogP contribution in [0.15, 0.2) is 51.9 Å². The highest BCUT2D eigenvalue weighted by Crippen LogP contribution is 2.60. The Morgan fingerprint density at radius 1 is 1.11 bits per heavy atom. The molecule has 2 atom stereocenters. The van der Waals surface area contributed by atoms with Gasteiger partial charge in [0, 0.05) is 0 Å². The first-order valence-corrected chi connectivity index (χ1v) is 11.4. The van der Waals surface area contributed by atoms with E-state index >= 15 is 0 Å². The van der Waals surface area contributed by atoms with E-state index in [4.69, 9.17) is 4.74 Å². The van der Waals surface area contributed by atoms with Crippen LogP contribution in [0.1, 0.15) is 37.0 Å². The Labute approximate surface area is 183 Å². The monoisotopic (exact) mass is 502 g/mol. The molecule has 28 heavy (non-hydrogen) atoms. The first kappa shape index (κ1) is 19.9. The van der Waals surface area contributed by atoms with Gasteiger partial charge in [0.1, 0.15) is 6.61 Å². The Morgan fingerprint density at radius 3 is 2.64 bits per heavy atom. The maximum atomic E-state index is 12.7. The molecule has 2 aromatic rings. The van der Waals surface area contributed by atoms with Crippen molar-refractivity contribution in [1.29, 1.82) is 0 Å². The normalized spacial score (nSPS) is 21.7. The number of rotatable bonds is 4. The molecule has 0 radical (unpaired) electrons. The second-order valence-corrected chi connectivity index (χ2v) is 11.1. The smallest absolute Gasteiger partial charge is 0.310 e. The second-order valence-electron chi connectivity index (χ2n) is 8.34. The number of benzene rings is 2. The molecule has 0 spiro atoms. The molecule has 1 saturated carbocycles. The van der Waals surface area contributed by atoms with E-state index in [1.807, 2.05) is 0 Å². The Hall–Kier alpha value is -1.39. The first-order chi connectivity index (χ1) is 13.4. The van der Waals surface area contributed by atoms with Crippen LogP contribution in [0.4, 0.5) is 0 Å². The summed E-state index contributed by atoms with van der Waals surface area (Å²) in [6.07, 6.45) is 5.29. The fraction of sp³-hybridized carbons (Fsp3) is 0.375. The Kier molecular flexibility index (Phi) is 5.54. The van der Waals surface area contributed by atoms with Gasteiger partial charge in [-0.25, -0.2) is 0 Å². The van der Waals surface area contributed by atoms with Gasteiger partial charge in [-0.3, -0.25) is 4.79 Å². The average molecular weight is 504 g/mol. The molecule has 0 saturated heterocycles. The van der Waals surface area contributed by atoms with Crippen LogP contribution in [0.3, 0.4) is 0 Å². The lowest BCUT2D eigenvalue weighted by molar-refractivity contribution is -0.147. The molecule has 0 unspecified atom stereocenters. The minimum Gasteiger partial charge on any atom is -0.461 e. The quantitative estimate of drug-likeness (QED) is 0.429. The van der Waals surface area contributed by atoms with Gasteiger partial charge in [0.05, 0.1) is 9.31 Å². The van der Waals surface area contributed by atoms with E-state index in [9.17, 15) is 4.79 Å². The van der Waals surface area contributed by atoms with E-state index in [1.165, 1.54) is 22.3 Å². The predicted octanol–water partition coefficient (Wildman–Crippen LogP) is 6.79. The van der Waals surface area contributed by atoms with Crippen molar-refractivity contribution >= 4 is 37.8 Å². The fourth-order valence-electron chi connectivity index (χ4n) is 4.59. The van der Waals surface area contributed by atoms with Crippen molar-refractivity contribution in [2.24, 2.45) is 17.3 Å². The molecule has 0 heterocycles. The van der Waals surface area contributed by atoms with E-state index in [2.05, 4.69) is 94.2 Å². The number of ether oxygens (including phenoxy) is 1. The summed E-state index contributed by atoms with van der Waals surface area (Å²) in [6, 6.07) is 15.0. The van der Waals surface area contributed by atoms with Crippen LogP contribution in [0, 0.1) is 17.3 Å². The summed E-state index contributed by atoms with van der Waals surface area (Å²) in [5.41, 5.74) is 6.42. The standard InChI is InChI=1S/C24H24Br2O2/c1-24(2)20(13-21(25)26)22(24)23(27)28-14-16-9-6-12-19-17-10-4-3-7-15(17)8-5-11-18(16)19/h3-4,6-7,9-10,12-13,20,22H,5,8,11,14H2,1-2H3/t20-,22-/m0/s1. The highest BCUT2D eigenvalue weighted by Gasteiger charge is 2.61. The number of carbonyl (C=O) groups is 1. The maximum absolute atomic E-state index is 12.7. The fourth-order valence-corrected chi connectivity index (χ4v) is 5.16. The number of halogens is 2. The molecule has 0 amide bonds. The summed E-state index contributed by atoms with van der Waals surface area (Å²) < 4.78 is 6.68. The Morgan fingerprint density at radius 2 is 1.86 bits per heavy atom. The number of hydrogen-bond acceptors (Lipinski definition) is 2. The van der Waals surface area contributed by atoms with Crippen molar-refractivity contribution in [2.75, 3.05) is 0 Å². The molecule has 0 aliphatic heterocycles. The Balaban J connectivity index is 1.53. The summed E-state index contributed by atoms with van der Waals surface area (Å²) in [5, 5.41) is 0. The average Bonchev–Trinajstić information content (AvgIpc) is 3.26. The van der Waals surface area contributed by atoms with Gasteiger partial charge >= 0.3 is 5.97 Å². The molecule has 2 aliphatic carbocycles. The highest BCUT2D eigenvalue weighted by atomic mass is 79.9. The molecule has 4 heteroatoms. The van der Waals surface area contributed by atoms with Crippen LogP contribution in [0.2, 0.25) is 0 Å². The minimum absolute atomic E-state index is 0.0591. The molecule has 2 nitrogen and oxygen atoms in total. The van der Waals surface area contributed by atoms with Crippen molar-refractivity contribution < 1.29 is 9.53 Å². The number of esters is 1. The van der Waals surface area contributed by atoms with Gasteiger partial charge in [-0.2, -0.15) is 0 Å². The third kappa shape index (κ3) is 3.73. The van der Waals surface area contributed by atoms with Crippen molar-refractivity contribution in [3.05, 3.63) is 68.6 Å². The van der Waals surface area contributed by atoms with E-state index in [-0.39, 0.29) is 23.2 Å². The lowest BCUT2D eigenvalue weighted by Crippen LogP contribution is -2.11. The number of fused-ring (bicyclic) bond motifs is 3. The summed E-state index contributed by atoms with van der Waals surface area (Å²) >= 11 is 6.81. The van der Waals surface area contributed by atoms with Crippen LogP contribution in [-0.4, -0.2) is 5.97 Å². The third-order valence-electron chi connectivity index (χ3n) is 6.29. The van der Waals surface area contributed by atoms with Crippen molar-refractivity contribution in [3.8, 4) is 11.1 Å². The third-order valence-corrected chi connectivity index (χ3v) is 6.82. The van der Waals surface area contributed by atoms with Crippen LogP contribution in [0.25, 0.3) is 11.1 Å². The largest absolute Gasteiger partial charge is 0.461 e. The van der Waals surface area contributed by atoms with E-state index in [0.29, 0.717) is 6.61 Å². The van der Waals surface area contributed by atoms with E-state index < -0.39 is 0 Å². The second kappa shape index (κ2) is 7.79. The molecule has 0 N–H and O–H groups in total. The number of carbonyl (C=O) groups excluding carboxylic acids is 1. The number of allylic oxidation sites excluding steroid dienone is 1. The van der Waals surface area contributed by atoms with Gasteiger partial charge < -0.3 is 4.74 Å². The molecule has 1 fully saturated rings. The zero-order valence-corrected chi connectivity index (χ0v) is 19.3. The van der Waals surface area contributed by atoms with Crippen molar-refractivity contribution in [1.82, 2.24) is 0 Å². The number of hydrogen-bond donors (Lipinski definition) is 0. The van der Waals surface area contributed by atoms with E-state index in [1.54, 1.807) is 0 Å². The molecule has 2 aliphatic rings. The molecular weight excluding hydrogens is 480 g/mol. The van der Waals surface area contributed by atoms with Crippen molar-refractivity contribution in [2.45, 2.75) is 39.7 Å². The lowest BCUT2D eigenvalue weighted by atomic mass is 9.93. The minimum atomic E-state index is -0.0980. The number of aryl methyl sites for hydroxylation is 1. The zero-order valence-electron chi connectivity index (χ0n) is 16.2. The topological polar surface area (TPSA) is 26.3 Å². The molecule has 0 bridgehead atoms.